The molecule has 0 saturated carbocycles. The fourth-order valence-corrected chi connectivity index (χ4v) is 5.30. The number of benzene rings is 3. The number of nitriles is 1. The second kappa shape index (κ2) is 11.7. The zero-order chi connectivity index (χ0) is 29.2. The van der Waals surface area contributed by atoms with Gasteiger partial charge in [-0.3, -0.25) is 4.90 Å². The van der Waals surface area contributed by atoms with Crippen molar-refractivity contribution >= 4 is 22.6 Å². The van der Waals surface area contributed by atoms with E-state index in [0.717, 1.165) is 41.5 Å². The van der Waals surface area contributed by atoms with E-state index in [2.05, 4.69) is 9.47 Å². The number of rotatable bonds is 9. The van der Waals surface area contributed by atoms with Crippen LogP contribution in [-0.2, 0) is 24.4 Å². The predicted octanol–water partition coefficient (Wildman–Crippen LogP) is 5.54. The van der Waals surface area contributed by atoms with Gasteiger partial charge in [0.15, 0.2) is 0 Å². The average molecular weight is 571 g/mol. The van der Waals surface area contributed by atoms with Crippen molar-refractivity contribution < 1.29 is 28.2 Å². The van der Waals surface area contributed by atoms with Gasteiger partial charge in [-0.05, 0) is 66.9 Å². The topological polar surface area (TPSA) is 101 Å². The van der Waals surface area contributed by atoms with Crippen molar-refractivity contribution in [1.29, 1.82) is 5.26 Å². The summed E-state index contributed by atoms with van der Waals surface area (Å²) in [4.78, 5) is 18.6. The number of fused-ring (bicyclic) bond motifs is 1. The molecule has 6 rings (SSSR count). The maximum atomic E-state index is 14.9. The summed E-state index contributed by atoms with van der Waals surface area (Å²) in [5.74, 6) is -0.615. The lowest BCUT2D eigenvalue weighted by atomic mass is 9.98. The van der Waals surface area contributed by atoms with E-state index in [-0.39, 0.29) is 29.7 Å². The van der Waals surface area contributed by atoms with E-state index in [0.29, 0.717) is 49.5 Å². The SMILES string of the molecule is N#Cc1ccc(COc2ccc(F)c(C3=CCN(Cc4nc5ccc(C(=O)O)cc5n4CC4CCO4)CC3)c2)c(F)c1. The van der Waals surface area contributed by atoms with Crippen molar-refractivity contribution in [1.82, 2.24) is 14.5 Å². The highest BCUT2D eigenvalue weighted by Gasteiger charge is 2.24. The minimum atomic E-state index is -0.983. The van der Waals surface area contributed by atoms with Gasteiger partial charge in [-0.15, -0.1) is 0 Å². The van der Waals surface area contributed by atoms with Crippen LogP contribution in [0.5, 0.6) is 5.75 Å². The molecule has 3 aromatic carbocycles. The van der Waals surface area contributed by atoms with Gasteiger partial charge in [0.2, 0.25) is 0 Å². The fourth-order valence-electron chi connectivity index (χ4n) is 5.30. The Hall–Kier alpha value is -4.59. The van der Waals surface area contributed by atoms with Crippen LogP contribution in [0.15, 0.2) is 60.7 Å². The third kappa shape index (κ3) is 5.75. The van der Waals surface area contributed by atoms with Gasteiger partial charge in [0, 0.05) is 30.8 Å². The van der Waals surface area contributed by atoms with Crippen LogP contribution < -0.4 is 4.74 Å². The Bertz CT molecular complexity index is 1740. The molecule has 1 aromatic heterocycles. The highest BCUT2D eigenvalue weighted by molar-refractivity contribution is 5.92. The quantitative estimate of drug-likeness (QED) is 0.282. The minimum absolute atomic E-state index is 0.0453. The molecule has 0 spiro atoms. The van der Waals surface area contributed by atoms with E-state index < -0.39 is 11.8 Å². The Morgan fingerprint density at radius 3 is 2.69 bits per heavy atom. The van der Waals surface area contributed by atoms with Gasteiger partial charge in [-0.25, -0.2) is 18.6 Å². The van der Waals surface area contributed by atoms with Crippen LogP contribution >= 0.6 is 0 Å². The van der Waals surface area contributed by atoms with Crippen LogP contribution in [0.2, 0.25) is 0 Å². The smallest absolute Gasteiger partial charge is 0.335 e. The van der Waals surface area contributed by atoms with E-state index in [9.17, 15) is 18.7 Å². The van der Waals surface area contributed by atoms with Crippen LogP contribution in [0, 0.1) is 23.0 Å². The summed E-state index contributed by atoms with van der Waals surface area (Å²) >= 11 is 0. The molecule has 2 aliphatic heterocycles. The molecule has 0 radical (unpaired) electrons. The highest BCUT2D eigenvalue weighted by atomic mass is 19.1. The van der Waals surface area contributed by atoms with Crippen molar-refractivity contribution in [3.8, 4) is 11.8 Å². The molecule has 0 amide bonds. The van der Waals surface area contributed by atoms with Crippen molar-refractivity contribution in [3.63, 3.8) is 0 Å². The summed E-state index contributed by atoms with van der Waals surface area (Å²) in [6.45, 7) is 3.10. The summed E-state index contributed by atoms with van der Waals surface area (Å²) in [7, 11) is 0. The predicted molar refractivity (Wildman–Crippen MR) is 151 cm³/mol. The molecule has 4 aromatic rings. The second-order valence-electron chi connectivity index (χ2n) is 10.5. The fraction of sp³-hybridized carbons (Fsp3) is 0.281. The molecule has 42 heavy (non-hydrogen) atoms. The molecular formula is C32H28F2N4O4. The lowest BCUT2D eigenvalue weighted by Gasteiger charge is -2.29. The van der Waals surface area contributed by atoms with Gasteiger partial charge in [-0.2, -0.15) is 5.26 Å². The summed E-state index contributed by atoms with van der Waals surface area (Å²) in [5, 5.41) is 18.4. The first-order chi connectivity index (χ1) is 20.4. The molecule has 1 fully saturated rings. The first-order valence-electron chi connectivity index (χ1n) is 13.7. The van der Waals surface area contributed by atoms with E-state index in [1.807, 2.05) is 12.1 Å². The molecule has 8 nitrogen and oxygen atoms in total. The lowest BCUT2D eigenvalue weighted by molar-refractivity contribution is -0.0591. The van der Waals surface area contributed by atoms with E-state index >= 15 is 0 Å². The third-order valence-electron chi connectivity index (χ3n) is 7.77. The summed E-state index contributed by atoms with van der Waals surface area (Å²) in [6.07, 6.45) is 3.63. The van der Waals surface area contributed by atoms with E-state index in [1.54, 1.807) is 24.3 Å². The Morgan fingerprint density at radius 2 is 2.00 bits per heavy atom. The molecule has 3 heterocycles. The Morgan fingerprint density at radius 1 is 1.14 bits per heavy atom. The van der Waals surface area contributed by atoms with E-state index in [1.165, 1.54) is 24.3 Å². The average Bonchev–Trinajstić information content (AvgIpc) is 3.31. The maximum absolute atomic E-state index is 14.9. The molecule has 214 valence electrons. The van der Waals surface area contributed by atoms with Gasteiger partial charge in [0.1, 0.15) is 29.8 Å². The Kier molecular flexibility index (Phi) is 7.69. The largest absolute Gasteiger partial charge is 0.489 e. The summed E-state index contributed by atoms with van der Waals surface area (Å²) in [5.41, 5.74) is 3.57. The zero-order valence-corrected chi connectivity index (χ0v) is 22.7. The molecule has 1 unspecified atom stereocenters. The minimum Gasteiger partial charge on any atom is -0.489 e. The van der Waals surface area contributed by atoms with Gasteiger partial charge in [0.05, 0.1) is 47.4 Å². The number of imidazole rings is 1. The van der Waals surface area contributed by atoms with Crippen molar-refractivity contribution in [3.05, 3.63) is 100 Å². The van der Waals surface area contributed by atoms with Crippen LogP contribution in [0.3, 0.4) is 0 Å². The van der Waals surface area contributed by atoms with Crippen LogP contribution in [0.4, 0.5) is 8.78 Å². The molecule has 10 heteroatoms. The zero-order valence-electron chi connectivity index (χ0n) is 22.7. The molecule has 1 N–H and O–H groups in total. The first-order valence-corrected chi connectivity index (χ1v) is 13.7. The first kappa shape index (κ1) is 27.6. The number of halogens is 2. The summed E-state index contributed by atoms with van der Waals surface area (Å²) in [6, 6.07) is 15.6. The van der Waals surface area contributed by atoms with Crippen molar-refractivity contribution in [2.75, 3.05) is 19.7 Å². The highest BCUT2D eigenvalue weighted by Crippen LogP contribution is 2.30. The summed E-state index contributed by atoms with van der Waals surface area (Å²) < 4.78 is 42.6. The monoisotopic (exact) mass is 570 g/mol. The number of nitrogens with zero attached hydrogens (tertiary/aromatic N) is 4. The number of hydrogen-bond donors (Lipinski definition) is 1. The van der Waals surface area contributed by atoms with Crippen LogP contribution in [-0.4, -0.2) is 51.3 Å². The number of ether oxygens (including phenoxy) is 2. The molecule has 0 bridgehead atoms. The van der Waals surface area contributed by atoms with Crippen LogP contribution in [0.1, 0.15) is 45.7 Å². The van der Waals surface area contributed by atoms with Gasteiger partial charge in [-0.1, -0.05) is 12.1 Å². The second-order valence-corrected chi connectivity index (χ2v) is 10.5. The molecule has 1 atom stereocenters. The molecular weight excluding hydrogens is 542 g/mol. The van der Waals surface area contributed by atoms with Crippen molar-refractivity contribution in [2.24, 2.45) is 0 Å². The third-order valence-corrected chi connectivity index (χ3v) is 7.77. The number of carboxylic acids is 1. The molecule has 2 aliphatic rings. The number of aromatic nitrogens is 2. The number of hydrogen-bond acceptors (Lipinski definition) is 6. The van der Waals surface area contributed by atoms with Crippen molar-refractivity contribution in [2.45, 2.75) is 38.6 Å². The molecule has 1 saturated heterocycles. The number of carboxylic acid groups (broad SMARTS) is 1. The normalized spacial score (nSPS) is 17.0. The number of aromatic carboxylic acids is 1. The van der Waals surface area contributed by atoms with Crippen LogP contribution in [0.25, 0.3) is 16.6 Å². The maximum Gasteiger partial charge on any atom is 0.335 e. The van der Waals surface area contributed by atoms with Gasteiger partial charge < -0.3 is 19.1 Å². The van der Waals surface area contributed by atoms with Gasteiger partial charge >= 0.3 is 5.97 Å². The molecule has 0 aliphatic carbocycles. The Balaban J connectivity index is 1.16. The number of carbonyl (C=O) groups is 1. The Labute approximate surface area is 241 Å². The van der Waals surface area contributed by atoms with Gasteiger partial charge in [0.25, 0.3) is 0 Å². The standard InChI is InChI=1S/C32H28F2N4O4/c33-27-5-4-24(42-19-23-2-1-20(16-35)13-28(23)34)15-26(27)21-7-10-37(11-8-21)18-31-36-29-6-3-22(32(39)40)14-30(29)38(31)17-25-9-12-41-25/h1-7,13-15,25H,8-12,17-19H2,(H,39,40). The lowest BCUT2D eigenvalue weighted by Crippen LogP contribution is -2.33. The van der Waals surface area contributed by atoms with E-state index in [4.69, 9.17) is 19.7 Å².